The summed E-state index contributed by atoms with van der Waals surface area (Å²) in [5, 5.41) is 6.78. The van der Waals surface area contributed by atoms with E-state index in [-0.39, 0.29) is 24.0 Å². The van der Waals surface area contributed by atoms with Gasteiger partial charge in [-0.15, -0.1) is 24.0 Å². The maximum absolute atomic E-state index is 4.27. The van der Waals surface area contributed by atoms with E-state index in [1.165, 1.54) is 39.0 Å². The van der Waals surface area contributed by atoms with Gasteiger partial charge in [-0.05, 0) is 38.9 Å². The maximum atomic E-state index is 4.27. The Labute approximate surface area is 148 Å². The van der Waals surface area contributed by atoms with Crippen LogP contribution in [-0.2, 0) is 0 Å². The number of aliphatic imine (C=N–C) groups is 1. The number of guanidine groups is 1. The van der Waals surface area contributed by atoms with E-state index >= 15 is 0 Å². The normalized spacial score (nSPS) is 18.2. The van der Waals surface area contributed by atoms with Crippen molar-refractivity contribution in [2.45, 2.75) is 26.7 Å². The largest absolute Gasteiger partial charge is 0.356 e. The van der Waals surface area contributed by atoms with Crippen LogP contribution in [0.4, 0.5) is 0 Å². The van der Waals surface area contributed by atoms with Gasteiger partial charge in [0.05, 0.1) is 0 Å². The lowest BCUT2D eigenvalue weighted by Crippen LogP contribution is -2.42. The summed E-state index contributed by atoms with van der Waals surface area (Å²) in [5.41, 5.74) is 0. The summed E-state index contributed by atoms with van der Waals surface area (Å²) >= 11 is 0. The first kappa shape index (κ1) is 20.9. The van der Waals surface area contributed by atoms with E-state index in [1.807, 2.05) is 7.05 Å². The molecule has 0 spiro atoms. The minimum absolute atomic E-state index is 0. The van der Waals surface area contributed by atoms with Gasteiger partial charge in [-0.1, -0.05) is 13.8 Å². The molecule has 0 bridgehead atoms. The first-order valence-electron chi connectivity index (χ1n) is 7.97. The first-order chi connectivity index (χ1) is 9.61. The Kier molecular flexibility index (Phi) is 12.4. The average molecular weight is 411 g/mol. The molecule has 0 atom stereocenters. The quantitative estimate of drug-likeness (QED) is 0.395. The highest BCUT2D eigenvalue weighted by Gasteiger charge is 2.11. The Morgan fingerprint density at radius 2 is 1.81 bits per heavy atom. The molecule has 0 aromatic carbocycles. The Hall–Kier alpha value is -0.0800. The van der Waals surface area contributed by atoms with Crippen molar-refractivity contribution in [1.29, 1.82) is 0 Å². The average Bonchev–Trinajstić information content (AvgIpc) is 2.61. The van der Waals surface area contributed by atoms with Crippen LogP contribution in [0.25, 0.3) is 0 Å². The molecule has 1 fully saturated rings. The Morgan fingerprint density at radius 1 is 1.10 bits per heavy atom. The fourth-order valence-electron chi connectivity index (χ4n) is 2.36. The summed E-state index contributed by atoms with van der Waals surface area (Å²) in [5.74, 6) is 1.66. The molecule has 1 aliphatic rings. The summed E-state index contributed by atoms with van der Waals surface area (Å²) in [7, 11) is 4.05. The summed E-state index contributed by atoms with van der Waals surface area (Å²) in [6.07, 6.45) is 2.46. The molecular weight excluding hydrogens is 377 g/mol. The van der Waals surface area contributed by atoms with Crippen molar-refractivity contribution >= 4 is 29.9 Å². The monoisotopic (exact) mass is 411 g/mol. The van der Waals surface area contributed by atoms with Crippen LogP contribution in [0.5, 0.6) is 0 Å². The number of rotatable bonds is 6. The lowest BCUT2D eigenvalue weighted by atomic mass is 10.1. The maximum Gasteiger partial charge on any atom is 0.191 e. The highest BCUT2D eigenvalue weighted by Crippen LogP contribution is 1.99. The van der Waals surface area contributed by atoms with E-state index in [9.17, 15) is 0 Å². The molecule has 1 rings (SSSR count). The number of nitrogens with one attached hydrogen (secondary N) is 2. The fraction of sp³-hybridized carbons (Fsp3) is 0.933. The van der Waals surface area contributed by atoms with Crippen LogP contribution in [0.1, 0.15) is 26.7 Å². The number of likely N-dealkylation sites (N-methyl/N-ethyl adjacent to an activating group) is 1. The molecular formula is C15H34IN5. The van der Waals surface area contributed by atoms with Crippen molar-refractivity contribution < 1.29 is 0 Å². The van der Waals surface area contributed by atoms with Crippen molar-refractivity contribution in [3.8, 4) is 0 Å². The molecule has 1 heterocycles. The lowest BCUT2D eigenvalue weighted by molar-refractivity contribution is 0.280. The van der Waals surface area contributed by atoms with Gasteiger partial charge in [-0.2, -0.15) is 0 Å². The summed E-state index contributed by atoms with van der Waals surface area (Å²) in [6, 6.07) is 0. The van der Waals surface area contributed by atoms with Crippen molar-refractivity contribution in [2.24, 2.45) is 10.9 Å². The molecule has 0 aliphatic carbocycles. The van der Waals surface area contributed by atoms with Gasteiger partial charge in [-0.3, -0.25) is 4.99 Å². The molecule has 6 heteroatoms. The molecule has 0 saturated carbocycles. The minimum atomic E-state index is 0. The molecule has 126 valence electrons. The third-order valence-corrected chi connectivity index (χ3v) is 3.77. The topological polar surface area (TPSA) is 42.9 Å². The zero-order chi connectivity index (χ0) is 14.8. The van der Waals surface area contributed by atoms with Crippen LogP contribution in [0.15, 0.2) is 4.99 Å². The van der Waals surface area contributed by atoms with E-state index in [4.69, 9.17) is 0 Å². The third-order valence-electron chi connectivity index (χ3n) is 3.77. The third kappa shape index (κ3) is 10.3. The van der Waals surface area contributed by atoms with Crippen LogP contribution < -0.4 is 10.6 Å². The number of hydrogen-bond acceptors (Lipinski definition) is 3. The van der Waals surface area contributed by atoms with Crippen molar-refractivity contribution in [1.82, 2.24) is 20.4 Å². The van der Waals surface area contributed by atoms with Crippen LogP contribution >= 0.6 is 24.0 Å². The van der Waals surface area contributed by atoms with Crippen LogP contribution in [0, 0.1) is 5.92 Å². The van der Waals surface area contributed by atoms with Gasteiger partial charge >= 0.3 is 0 Å². The zero-order valence-corrected chi connectivity index (χ0v) is 16.5. The molecule has 0 aromatic heterocycles. The van der Waals surface area contributed by atoms with E-state index in [0.717, 1.165) is 31.5 Å². The van der Waals surface area contributed by atoms with Gasteiger partial charge in [0.15, 0.2) is 5.96 Å². The van der Waals surface area contributed by atoms with E-state index < -0.39 is 0 Å². The summed E-state index contributed by atoms with van der Waals surface area (Å²) in [4.78, 5) is 9.22. The molecule has 21 heavy (non-hydrogen) atoms. The smallest absolute Gasteiger partial charge is 0.191 e. The molecule has 0 radical (unpaired) electrons. The second-order valence-electron chi connectivity index (χ2n) is 6.11. The fourth-order valence-corrected chi connectivity index (χ4v) is 2.36. The van der Waals surface area contributed by atoms with Crippen molar-refractivity contribution in [3.63, 3.8) is 0 Å². The molecule has 0 aromatic rings. The summed E-state index contributed by atoms with van der Waals surface area (Å²) < 4.78 is 0. The van der Waals surface area contributed by atoms with Gasteiger partial charge in [0.2, 0.25) is 0 Å². The van der Waals surface area contributed by atoms with E-state index in [2.05, 4.69) is 46.3 Å². The zero-order valence-electron chi connectivity index (χ0n) is 14.2. The SMILES string of the molecule is CN=C(NCCC(C)C)NCCN1CCCN(C)CC1.I. The van der Waals surface area contributed by atoms with E-state index in [0.29, 0.717) is 0 Å². The molecule has 0 unspecified atom stereocenters. The molecule has 1 aliphatic heterocycles. The van der Waals surface area contributed by atoms with Crippen LogP contribution in [0.2, 0.25) is 0 Å². The van der Waals surface area contributed by atoms with Gasteiger partial charge < -0.3 is 20.4 Å². The van der Waals surface area contributed by atoms with Gasteiger partial charge in [0, 0.05) is 39.8 Å². The number of hydrogen-bond donors (Lipinski definition) is 2. The highest BCUT2D eigenvalue weighted by molar-refractivity contribution is 14.0. The molecule has 2 N–H and O–H groups in total. The molecule has 5 nitrogen and oxygen atoms in total. The number of nitrogens with zero attached hydrogens (tertiary/aromatic N) is 3. The van der Waals surface area contributed by atoms with Crippen molar-refractivity contribution in [2.75, 3.05) is 59.9 Å². The van der Waals surface area contributed by atoms with Crippen molar-refractivity contribution in [3.05, 3.63) is 0 Å². The predicted octanol–water partition coefficient (Wildman–Crippen LogP) is 1.45. The summed E-state index contributed by atoms with van der Waals surface area (Å²) in [6.45, 7) is 12.3. The standard InChI is InChI=1S/C15H33N5.HI/c1-14(2)6-7-17-15(16-3)18-8-11-20-10-5-9-19(4)12-13-20;/h14H,5-13H2,1-4H3,(H2,16,17,18);1H. The molecule has 0 amide bonds. The second kappa shape index (κ2) is 12.5. The Balaban J connectivity index is 0.00000400. The van der Waals surface area contributed by atoms with Gasteiger partial charge in [-0.25, -0.2) is 0 Å². The molecule has 1 saturated heterocycles. The lowest BCUT2D eigenvalue weighted by Gasteiger charge is -2.21. The van der Waals surface area contributed by atoms with Gasteiger partial charge in [0.25, 0.3) is 0 Å². The minimum Gasteiger partial charge on any atom is -0.356 e. The van der Waals surface area contributed by atoms with Crippen LogP contribution in [-0.4, -0.2) is 75.7 Å². The van der Waals surface area contributed by atoms with Gasteiger partial charge in [0.1, 0.15) is 0 Å². The predicted molar refractivity (Wildman–Crippen MR) is 103 cm³/mol. The highest BCUT2D eigenvalue weighted by atomic mass is 127. The second-order valence-corrected chi connectivity index (χ2v) is 6.11. The van der Waals surface area contributed by atoms with E-state index in [1.54, 1.807) is 0 Å². The Bertz CT molecular complexity index is 283. The van der Waals surface area contributed by atoms with Crippen LogP contribution in [0.3, 0.4) is 0 Å². The Morgan fingerprint density at radius 3 is 2.48 bits per heavy atom. The first-order valence-corrected chi connectivity index (χ1v) is 7.97. The number of halogens is 1.